The van der Waals surface area contributed by atoms with E-state index in [0.29, 0.717) is 18.8 Å². The number of benzene rings is 1. The van der Waals surface area contributed by atoms with Crippen LogP contribution in [0.2, 0.25) is 0 Å². The second kappa shape index (κ2) is 6.31. The summed E-state index contributed by atoms with van der Waals surface area (Å²) in [5.41, 5.74) is 1.41. The number of hydrogen-bond acceptors (Lipinski definition) is 4. The Bertz CT molecular complexity index is 476. The number of anilines is 2. The Morgan fingerprint density at radius 2 is 2.26 bits per heavy atom. The van der Waals surface area contributed by atoms with Gasteiger partial charge in [-0.15, -0.1) is 0 Å². The van der Waals surface area contributed by atoms with Crippen molar-refractivity contribution in [3.8, 4) is 0 Å². The van der Waals surface area contributed by atoms with Crippen LogP contribution in [0.25, 0.3) is 0 Å². The molecule has 1 aromatic rings. The zero-order chi connectivity index (χ0) is 13.7. The van der Waals surface area contributed by atoms with Gasteiger partial charge in [0, 0.05) is 13.7 Å². The fraction of sp³-hybridized carbons (Fsp3) is 0.385. The predicted octanol–water partition coefficient (Wildman–Crippen LogP) is 0.208. The van der Waals surface area contributed by atoms with Crippen LogP contribution in [0.3, 0.4) is 0 Å². The maximum Gasteiger partial charge on any atom is 0.244 e. The third-order valence-corrected chi connectivity index (χ3v) is 2.83. The average Bonchev–Trinajstić information content (AvgIpc) is 2.42. The fourth-order valence-corrected chi connectivity index (χ4v) is 1.92. The predicted molar refractivity (Wildman–Crippen MR) is 72.2 cm³/mol. The van der Waals surface area contributed by atoms with Crippen molar-refractivity contribution in [2.75, 3.05) is 43.6 Å². The maximum absolute atomic E-state index is 12.1. The van der Waals surface area contributed by atoms with Gasteiger partial charge >= 0.3 is 0 Å². The highest BCUT2D eigenvalue weighted by Crippen LogP contribution is 2.28. The highest BCUT2D eigenvalue weighted by Gasteiger charge is 2.25. The van der Waals surface area contributed by atoms with Crippen molar-refractivity contribution in [1.29, 1.82) is 0 Å². The van der Waals surface area contributed by atoms with Gasteiger partial charge < -0.3 is 15.4 Å². The van der Waals surface area contributed by atoms with Crippen molar-refractivity contribution in [2.45, 2.75) is 0 Å². The molecule has 0 unspecified atom stereocenters. The molecule has 19 heavy (non-hydrogen) atoms. The molecule has 0 saturated carbocycles. The molecule has 0 radical (unpaired) electrons. The first-order chi connectivity index (χ1) is 9.22. The summed E-state index contributed by atoms with van der Waals surface area (Å²) in [5.74, 6) is -0.303. The fourth-order valence-electron chi connectivity index (χ4n) is 1.92. The molecule has 102 valence electrons. The molecule has 6 nitrogen and oxygen atoms in total. The van der Waals surface area contributed by atoms with E-state index in [9.17, 15) is 9.59 Å². The number of fused-ring (bicyclic) bond motifs is 1. The van der Waals surface area contributed by atoms with E-state index in [-0.39, 0.29) is 24.9 Å². The second-order valence-electron chi connectivity index (χ2n) is 4.21. The van der Waals surface area contributed by atoms with Crippen molar-refractivity contribution >= 4 is 23.2 Å². The molecule has 0 atom stereocenters. The third-order valence-electron chi connectivity index (χ3n) is 2.83. The lowest BCUT2D eigenvalue weighted by Gasteiger charge is -2.29. The molecule has 0 fully saturated rings. The van der Waals surface area contributed by atoms with Crippen LogP contribution in [0.15, 0.2) is 24.3 Å². The lowest BCUT2D eigenvalue weighted by molar-refractivity contribution is -0.121. The lowest BCUT2D eigenvalue weighted by Crippen LogP contribution is -2.46. The topological polar surface area (TPSA) is 70.7 Å². The van der Waals surface area contributed by atoms with Crippen LogP contribution in [0.4, 0.5) is 11.4 Å². The molecule has 2 N–H and O–H groups in total. The van der Waals surface area contributed by atoms with E-state index in [0.717, 1.165) is 5.69 Å². The molecule has 2 amide bonds. The number of nitrogens with one attached hydrogen (secondary N) is 2. The molecule has 1 heterocycles. The summed E-state index contributed by atoms with van der Waals surface area (Å²) in [7, 11) is 1.61. The molecule has 0 aromatic heterocycles. The summed E-state index contributed by atoms with van der Waals surface area (Å²) in [4.78, 5) is 25.2. The molecule has 1 aliphatic rings. The summed E-state index contributed by atoms with van der Waals surface area (Å²) >= 11 is 0. The van der Waals surface area contributed by atoms with Crippen LogP contribution in [0.5, 0.6) is 0 Å². The van der Waals surface area contributed by atoms with Crippen LogP contribution in [-0.4, -0.2) is 45.2 Å². The van der Waals surface area contributed by atoms with Gasteiger partial charge in [-0.2, -0.15) is 0 Å². The Hall–Kier alpha value is -1.92. The zero-order valence-electron chi connectivity index (χ0n) is 10.8. The van der Waals surface area contributed by atoms with Crippen molar-refractivity contribution in [2.24, 2.45) is 0 Å². The Morgan fingerprint density at radius 1 is 1.47 bits per heavy atom. The van der Waals surface area contributed by atoms with Crippen molar-refractivity contribution < 1.29 is 14.3 Å². The first kappa shape index (κ1) is 13.5. The summed E-state index contributed by atoms with van der Waals surface area (Å²) < 4.78 is 4.89. The van der Waals surface area contributed by atoms with E-state index in [2.05, 4.69) is 10.6 Å². The molecule has 0 bridgehead atoms. The van der Waals surface area contributed by atoms with E-state index in [1.165, 1.54) is 4.90 Å². The molecular formula is C13H17N3O3. The maximum atomic E-state index is 12.1. The minimum atomic E-state index is -0.177. The number of para-hydroxylation sites is 2. The first-order valence-electron chi connectivity index (χ1n) is 6.11. The summed E-state index contributed by atoms with van der Waals surface area (Å²) in [6, 6.07) is 7.27. The summed E-state index contributed by atoms with van der Waals surface area (Å²) in [6.45, 7) is 1.39. The Kier molecular flexibility index (Phi) is 4.48. The van der Waals surface area contributed by atoms with Gasteiger partial charge in [-0.3, -0.25) is 14.5 Å². The number of carbonyl (C=O) groups is 2. The van der Waals surface area contributed by atoms with Crippen molar-refractivity contribution in [1.82, 2.24) is 5.32 Å². The van der Waals surface area contributed by atoms with E-state index in [4.69, 9.17) is 4.74 Å². The average molecular weight is 263 g/mol. The highest BCUT2D eigenvalue weighted by molar-refractivity contribution is 6.10. The monoisotopic (exact) mass is 263 g/mol. The van der Waals surface area contributed by atoms with E-state index >= 15 is 0 Å². The van der Waals surface area contributed by atoms with Gasteiger partial charge in [0.1, 0.15) is 6.54 Å². The van der Waals surface area contributed by atoms with Gasteiger partial charge in [0.05, 0.1) is 24.5 Å². The number of methoxy groups -OCH3 is 1. The van der Waals surface area contributed by atoms with Crippen LogP contribution in [0, 0.1) is 0 Å². The van der Waals surface area contributed by atoms with E-state index < -0.39 is 0 Å². The molecular weight excluding hydrogens is 246 g/mol. The highest BCUT2D eigenvalue weighted by atomic mass is 16.5. The Labute approximate surface area is 111 Å². The molecule has 0 spiro atoms. The minimum absolute atomic E-state index is 0.0573. The Balaban J connectivity index is 2.03. The molecule has 6 heteroatoms. The summed E-state index contributed by atoms with van der Waals surface area (Å²) in [5, 5.41) is 5.73. The smallest absolute Gasteiger partial charge is 0.244 e. The number of amides is 2. The molecule has 0 aliphatic carbocycles. The van der Waals surface area contributed by atoms with Crippen LogP contribution in [0.1, 0.15) is 0 Å². The van der Waals surface area contributed by atoms with Gasteiger partial charge in [-0.1, -0.05) is 12.1 Å². The molecule has 1 aromatic carbocycles. The standard InChI is InChI=1S/C13H17N3O3/c1-19-7-6-14-8-13(18)16-9-12(17)15-10-4-2-3-5-11(10)16/h2-5,14H,6-9H2,1H3,(H,15,17). The molecule has 1 aliphatic heterocycles. The zero-order valence-corrected chi connectivity index (χ0v) is 10.8. The van der Waals surface area contributed by atoms with Gasteiger partial charge in [0.2, 0.25) is 11.8 Å². The number of nitrogens with zero attached hydrogens (tertiary/aromatic N) is 1. The van der Waals surface area contributed by atoms with E-state index in [1.807, 2.05) is 18.2 Å². The van der Waals surface area contributed by atoms with Crippen LogP contribution < -0.4 is 15.5 Å². The molecule has 2 rings (SSSR count). The first-order valence-corrected chi connectivity index (χ1v) is 6.11. The Morgan fingerprint density at radius 3 is 3.05 bits per heavy atom. The number of rotatable bonds is 5. The normalized spacial score (nSPS) is 13.9. The van der Waals surface area contributed by atoms with Crippen LogP contribution >= 0.6 is 0 Å². The van der Waals surface area contributed by atoms with Gasteiger partial charge in [-0.05, 0) is 12.1 Å². The van der Waals surface area contributed by atoms with Gasteiger partial charge in [0.15, 0.2) is 0 Å². The number of carbonyl (C=O) groups excluding carboxylic acids is 2. The van der Waals surface area contributed by atoms with Crippen LogP contribution in [-0.2, 0) is 14.3 Å². The second-order valence-corrected chi connectivity index (χ2v) is 4.21. The number of ether oxygens (including phenoxy) is 1. The summed E-state index contributed by atoms with van der Waals surface area (Å²) in [6.07, 6.45) is 0. The lowest BCUT2D eigenvalue weighted by atomic mass is 10.2. The molecule has 0 saturated heterocycles. The SMILES string of the molecule is COCCNCC(=O)N1CC(=O)Nc2ccccc21. The minimum Gasteiger partial charge on any atom is -0.383 e. The van der Waals surface area contributed by atoms with Gasteiger partial charge in [0.25, 0.3) is 0 Å². The van der Waals surface area contributed by atoms with Crippen molar-refractivity contribution in [3.63, 3.8) is 0 Å². The number of hydrogen-bond donors (Lipinski definition) is 2. The quantitative estimate of drug-likeness (QED) is 0.745. The largest absolute Gasteiger partial charge is 0.383 e. The van der Waals surface area contributed by atoms with Gasteiger partial charge in [-0.25, -0.2) is 0 Å². The van der Waals surface area contributed by atoms with E-state index in [1.54, 1.807) is 13.2 Å². The van der Waals surface area contributed by atoms with Crippen molar-refractivity contribution in [3.05, 3.63) is 24.3 Å². The third kappa shape index (κ3) is 3.30.